The van der Waals surface area contributed by atoms with Crippen molar-refractivity contribution in [2.45, 2.75) is 13.2 Å². The van der Waals surface area contributed by atoms with Gasteiger partial charge in [-0.2, -0.15) is 0 Å². The molecule has 6 nitrogen and oxygen atoms in total. The van der Waals surface area contributed by atoms with Gasteiger partial charge in [0, 0.05) is 25.8 Å². The molecule has 0 radical (unpaired) electrons. The molecule has 0 bridgehead atoms. The third-order valence-electron chi connectivity index (χ3n) is 3.61. The van der Waals surface area contributed by atoms with Crippen molar-refractivity contribution in [1.82, 2.24) is 14.9 Å². The third-order valence-corrected chi connectivity index (χ3v) is 3.61. The third kappa shape index (κ3) is 2.88. The SMILES string of the molecule is COCCNC(=O)c1nc(-c2ccccc2)n2c1COCC2. The monoisotopic (exact) mass is 301 g/mol. The smallest absolute Gasteiger partial charge is 0.271 e. The number of carbonyl (C=O) groups is 1. The fraction of sp³-hybridized carbons (Fsp3) is 0.375. The summed E-state index contributed by atoms with van der Waals surface area (Å²) in [6.45, 7) is 2.69. The van der Waals surface area contributed by atoms with Gasteiger partial charge in [0.1, 0.15) is 5.82 Å². The van der Waals surface area contributed by atoms with Gasteiger partial charge in [-0.25, -0.2) is 4.98 Å². The van der Waals surface area contributed by atoms with Crippen LogP contribution in [0.2, 0.25) is 0 Å². The van der Waals surface area contributed by atoms with E-state index in [0.29, 0.717) is 38.6 Å². The van der Waals surface area contributed by atoms with E-state index < -0.39 is 0 Å². The Hall–Kier alpha value is -2.18. The molecule has 116 valence electrons. The molecule has 0 unspecified atom stereocenters. The quantitative estimate of drug-likeness (QED) is 0.849. The second-order valence-electron chi connectivity index (χ2n) is 5.05. The van der Waals surface area contributed by atoms with Gasteiger partial charge in [-0.15, -0.1) is 0 Å². The molecule has 1 aliphatic heterocycles. The maximum Gasteiger partial charge on any atom is 0.271 e. The van der Waals surface area contributed by atoms with Crippen LogP contribution in [0.4, 0.5) is 0 Å². The van der Waals surface area contributed by atoms with E-state index in [1.54, 1.807) is 7.11 Å². The molecule has 0 fully saturated rings. The van der Waals surface area contributed by atoms with E-state index in [4.69, 9.17) is 9.47 Å². The molecule has 1 amide bonds. The van der Waals surface area contributed by atoms with Gasteiger partial charge in [-0.3, -0.25) is 4.79 Å². The van der Waals surface area contributed by atoms with Crippen molar-refractivity contribution in [2.75, 3.05) is 26.9 Å². The number of hydrogen-bond donors (Lipinski definition) is 1. The summed E-state index contributed by atoms with van der Waals surface area (Å²) in [5.74, 6) is 0.629. The van der Waals surface area contributed by atoms with Crippen molar-refractivity contribution < 1.29 is 14.3 Å². The van der Waals surface area contributed by atoms with E-state index >= 15 is 0 Å². The van der Waals surface area contributed by atoms with E-state index in [-0.39, 0.29) is 5.91 Å². The van der Waals surface area contributed by atoms with E-state index in [0.717, 1.165) is 17.1 Å². The first kappa shape index (κ1) is 14.7. The minimum absolute atomic E-state index is 0.187. The molecule has 2 heterocycles. The molecule has 0 saturated heterocycles. The Bertz CT molecular complexity index is 652. The first-order chi connectivity index (χ1) is 10.8. The van der Waals surface area contributed by atoms with Gasteiger partial charge in [0.25, 0.3) is 5.91 Å². The number of imidazole rings is 1. The van der Waals surface area contributed by atoms with Crippen molar-refractivity contribution in [3.05, 3.63) is 41.7 Å². The Morgan fingerprint density at radius 3 is 3.00 bits per heavy atom. The summed E-state index contributed by atoms with van der Waals surface area (Å²) in [5.41, 5.74) is 2.27. The van der Waals surface area contributed by atoms with Crippen LogP contribution in [0.1, 0.15) is 16.2 Å². The van der Waals surface area contributed by atoms with E-state index in [1.165, 1.54) is 0 Å². The van der Waals surface area contributed by atoms with Crippen LogP contribution in [0.3, 0.4) is 0 Å². The molecule has 3 rings (SSSR count). The Morgan fingerprint density at radius 1 is 1.41 bits per heavy atom. The zero-order valence-corrected chi connectivity index (χ0v) is 12.5. The molecule has 0 saturated carbocycles. The second kappa shape index (κ2) is 6.72. The molecule has 22 heavy (non-hydrogen) atoms. The molecule has 2 aromatic rings. The molecular formula is C16H19N3O3. The van der Waals surface area contributed by atoms with Crippen molar-refractivity contribution >= 4 is 5.91 Å². The summed E-state index contributed by atoms with van der Waals surface area (Å²) in [6.07, 6.45) is 0. The lowest BCUT2D eigenvalue weighted by Gasteiger charge is -2.18. The number of amides is 1. The maximum atomic E-state index is 12.3. The van der Waals surface area contributed by atoms with Crippen molar-refractivity contribution in [2.24, 2.45) is 0 Å². The summed E-state index contributed by atoms with van der Waals surface area (Å²) in [5, 5.41) is 2.82. The van der Waals surface area contributed by atoms with Crippen LogP contribution in [0, 0.1) is 0 Å². The molecule has 1 aromatic heterocycles. The Morgan fingerprint density at radius 2 is 2.23 bits per heavy atom. The zero-order valence-electron chi connectivity index (χ0n) is 12.5. The lowest BCUT2D eigenvalue weighted by Crippen LogP contribution is -2.29. The lowest BCUT2D eigenvalue weighted by atomic mass is 10.2. The van der Waals surface area contributed by atoms with Gasteiger partial charge in [-0.1, -0.05) is 30.3 Å². The van der Waals surface area contributed by atoms with Crippen LogP contribution in [-0.4, -0.2) is 42.3 Å². The first-order valence-corrected chi connectivity index (χ1v) is 7.31. The molecular weight excluding hydrogens is 282 g/mol. The highest BCUT2D eigenvalue weighted by Crippen LogP contribution is 2.25. The number of nitrogens with zero attached hydrogens (tertiary/aromatic N) is 2. The largest absolute Gasteiger partial charge is 0.383 e. The van der Waals surface area contributed by atoms with Gasteiger partial charge in [-0.05, 0) is 0 Å². The number of rotatable bonds is 5. The van der Waals surface area contributed by atoms with E-state index in [1.807, 2.05) is 30.3 Å². The minimum Gasteiger partial charge on any atom is -0.383 e. The fourth-order valence-corrected chi connectivity index (χ4v) is 2.54. The van der Waals surface area contributed by atoms with Gasteiger partial charge in [0.05, 0.1) is 25.5 Å². The molecule has 0 atom stereocenters. The first-order valence-electron chi connectivity index (χ1n) is 7.31. The lowest BCUT2D eigenvalue weighted by molar-refractivity contribution is 0.0813. The average molecular weight is 301 g/mol. The number of benzene rings is 1. The summed E-state index contributed by atoms with van der Waals surface area (Å²) >= 11 is 0. The normalized spacial score (nSPS) is 13.7. The average Bonchev–Trinajstić information content (AvgIpc) is 2.95. The predicted molar refractivity (Wildman–Crippen MR) is 81.5 cm³/mol. The zero-order chi connectivity index (χ0) is 15.4. The molecule has 1 aliphatic rings. The minimum atomic E-state index is -0.187. The van der Waals surface area contributed by atoms with Crippen LogP contribution in [0.25, 0.3) is 11.4 Å². The highest BCUT2D eigenvalue weighted by Gasteiger charge is 2.25. The molecule has 1 aromatic carbocycles. The highest BCUT2D eigenvalue weighted by atomic mass is 16.5. The number of fused-ring (bicyclic) bond motifs is 1. The topological polar surface area (TPSA) is 65.4 Å². The van der Waals surface area contributed by atoms with Gasteiger partial charge in [0.15, 0.2) is 5.69 Å². The van der Waals surface area contributed by atoms with Crippen molar-refractivity contribution in [3.8, 4) is 11.4 Å². The van der Waals surface area contributed by atoms with Gasteiger partial charge < -0.3 is 19.4 Å². The number of nitrogens with one attached hydrogen (secondary N) is 1. The van der Waals surface area contributed by atoms with Crippen LogP contribution >= 0.6 is 0 Å². The summed E-state index contributed by atoms with van der Waals surface area (Å²) in [7, 11) is 1.60. The van der Waals surface area contributed by atoms with Crippen LogP contribution < -0.4 is 5.32 Å². The predicted octanol–water partition coefficient (Wildman–Crippen LogP) is 1.46. The van der Waals surface area contributed by atoms with Crippen molar-refractivity contribution in [3.63, 3.8) is 0 Å². The molecule has 0 spiro atoms. The van der Waals surface area contributed by atoms with Crippen LogP contribution in [0.5, 0.6) is 0 Å². The second-order valence-corrected chi connectivity index (χ2v) is 5.05. The van der Waals surface area contributed by atoms with Crippen LogP contribution in [-0.2, 0) is 22.6 Å². The Balaban J connectivity index is 1.94. The van der Waals surface area contributed by atoms with E-state index in [9.17, 15) is 4.79 Å². The molecule has 0 aliphatic carbocycles. The number of ether oxygens (including phenoxy) is 2. The van der Waals surface area contributed by atoms with Gasteiger partial charge >= 0.3 is 0 Å². The van der Waals surface area contributed by atoms with Crippen molar-refractivity contribution in [1.29, 1.82) is 0 Å². The number of aromatic nitrogens is 2. The number of hydrogen-bond acceptors (Lipinski definition) is 4. The standard InChI is InChI=1S/C16H19N3O3/c1-21-9-7-17-16(20)14-13-11-22-10-8-19(13)15(18-14)12-5-3-2-4-6-12/h2-6H,7-11H2,1H3,(H,17,20). The van der Waals surface area contributed by atoms with E-state index in [2.05, 4.69) is 14.9 Å². The summed E-state index contributed by atoms with van der Waals surface area (Å²) < 4.78 is 12.5. The summed E-state index contributed by atoms with van der Waals surface area (Å²) in [6, 6.07) is 9.89. The Kier molecular flexibility index (Phi) is 4.50. The molecule has 6 heteroatoms. The number of methoxy groups -OCH3 is 1. The van der Waals surface area contributed by atoms with Gasteiger partial charge in [0.2, 0.25) is 0 Å². The van der Waals surface area contributed by atoms with Crippen LogP contribution in [0.15, 0.2) is 30.3 Å². The maximum absolute atomic E-state index is 12.3. The highest BCUT2D eigenvalue weighted by molar-refractivity contribution is 5.94. The molecule has 1 N–H and O–H groups in total. The summed E-state index contributed by atoms with van der Waals surface area (Å²) in [4.78, 5) is 16.9. The number of carbonyl (C=O) groups excluding carboxylic acids is 1. The fourth-order valence-electron chi connectivity index (χ4n) is 2.54. The Labute approximate surface area is 129 Å².